The van der Waals surface area contributed by atoms with Gasteiger partial charge in [0.15, 0.2) is 0 Å². The first kappa shape index (κ1) is 16.2. The lowest BCUT2D eigenvalue weighted by molar-refractivity contribution is -0.0640. The van der Waals surface area contributed by atoms with E-state index in [0.29, 0.717) is 32.7 Å². The van der Waals surface area contributed by atoms with Crippen LogP contribution >= 0.6 is 0 Å². The largest absolute Gasteiger partial charge is 0.381 e. The van der Waals surface area contributed by atoms with Gasteiger partial charge in [0.1, 0.15) is 0 Å². The van der Waals surface area contributed by atoms with Crippen LogP contribution in [0.1, 0.15) is 45.4 Å². The maximum Gasteiger partial charge on any atom is 0.209 e. The average Bonchev–Trinajstić information content (AvgIpc) is 2.37. The van der Waals surface area contributed by atoms with Crippen LogP contribution < -0.4 is 5.14 Å². The van der Waals surface area contributed by atoms with Crippen LogP contribution in [0.3, 0.4) is 0 Å². The third-order valence-corrected chi connectivity index (χ3v) is 5.66. The Morgan fingerprint density at radius 2 is 1.80 bits per heavy atom. The zero-order valence-electron chi connectivity index (χ0n) is 12.3. The lowest BCUT2D eigenvalue weighted by Gasteiger charge is -2.38. The summed E-state index contributed by atoms with van der Waals surface area (Å²) in [7, 11) is -3.48. The summed E-state index contributed by atoms with van der Waals surface area (Å²) in [6, 6.07) is 0. The quantitative estimate of drug-likeness (QED) is 0.838. The number of ether oxygens (including phenoxy) is 2. The molecule has 6 heteroatoms. The van der Waals surface area contributed by atoms with E-state index in [1.54, 1.807) is 0 Å². The Balaban J connectivity index is 1.90. The van der Waals surface area contributed by atoms with Crippen LogP contribution in [0.4, 0.5) is 0 Å². The lowest BCUT2D eigenvalue weighted by atomic mass is 9.82. The van der Waals surface area contributed by atoms with Gasteiger partial charge in [-0.05, 0) is 44.4 Å². The highest BCUT2D eigenvalue weighted by Crippen LogP contribution is 2.34. The molecule has 2 rings (SSSR count). The molecule has 0 aromatic heterocycles. The molecule has 20 heavy (non-hydrogen) atoms. The van der Waals surface area contributed by atoms with Gasteiger partial charge in [-0.15, -0.1) is 0 Å². The number of hydrogen-bond donors (Lipinski definition) is 1. The molecule has 1 aliphatic heterocycles. The molecule has 2 aliphatic rings. The Kier molecular flexibility index (Phi) is 5.45. The van der Waals surface area contributed by atoms with Crippen molar-refractivity contribution < 1.29 is 17.9 Å². The topological polar surface area (TPSA) is 78.6 Å². The summed E-state index contributed by atoms with van der Waals surface area (Å²) in [6.45, 7) is 3.96. The molecule has 1 aliphatic carbocycles. The van der Waals surface area contributed by atoms with E-state index in [9.17, 15) is 8.42 Å². The Morgan fingerprint density at radius 3 is 2.35 bits per heavy atom. The van der Waals surface area contributed by atoms with Gasteiger partial charge in [-0.25, -0.2) is 13.6 Å². The van der Waals surface area contributed by atoms with Crippen molar-refractivity contribution >= 4 is 10.0 Å². The SMILES string of the molecule is CC1CCC(OCC2(CS(N)(=O)=O)CCOCC2)CC1. The summed E-state index contributed by atoms with van der Waals surface area (Å²) in [6.07, 6.45) is 6.29. The van der Waals surface area contributed by atoms with Crippen LogP contribution in [0.2, 0.25) is 0 Å². The summed E-state index contributed by atoms with van der Waals surface area (Å²) in [4.78, 5) is 0. The van der Waals surface area contributed by atoms with Gasteiger partial charge in [-0.1, -0.05) is 6.92 Å². The van der Waals surface area contributed by atoms with Gasteiger partial charge >= 0.3 is 0 Å². The first-order valence-corrected chi connectivity index (χ1v) is 9.30. The molecule has 118 valence electrons. The van der Waals surface area contributed by atoms with E-state index >= 15 is 0 Å². The fourth-order valence-electron chi connectivity index (χ4n) is 3.25. The van der Waals surface area contributed by atoms with E-state index in [1.807, 2.05) is 0 Å². The van der Waals surface area contributed by atoms with E-state index in [-0.39, 0.29) is 17.3 Å². The molecule has 0 aromatic carbocycles. The molecule has 0 bridgehead atoms. The molecular formula is C14H27NO4S. The van der Waals surface area contributed by atoms with Crippen molar-refractivity contribution in [2.45, 2.75) is 51.6 Å². The smallest absolute Gasteiger partial charge is 0.209 e. The van der Waals surface area contributed by atoms with Crippen molar-refractivity contribution in [3.05, 3.63) is 0 Å². The molecule has 2 N–H and O–H groups in total. The van der Waals surface area contributed by atoms with Crippen LogP contribution in [0.5, 0.6) is 0 Å². The fraction of sp³-hybridized carbons (Fsp3) is 1.00. The summed E-state index contributed by atoms with van der Waals surface area (Å²) < 4.78 is 34.4. The normalized spacial score (nSPS) is 31.1. The monoisotopic (exact) mass is 305 g/mol. The Bertz CT molecular complexity index is 395. The molecule has 2 fully saturated rings. The van der Waals surface area contributed by atoms with E-state index in [0.717, 1.165) is 18.8 Å². The fourth-order valence-corrected chi connectivity index (χ4v) is 4.48. The third-order valence-electron chi connectivity index (χ3n) is 4.65. The zero-order valence-corrected chi connectivity index (χ0v) is 13.2. The molecule has 0 amide bonds. The standard InChI is InChI=1S/C14H27NO4S/c1-12-2-4-13(5-3-12)19-10-14(11-20(15,16)17)6-8-18-9-7-14/h12-13H,2-11H2,1H3,(H2,15,16,17). The lowest BCUT2D eigenvalue weighted by Crippen LogP contribution is -2.43. The molecule has 5 nitrogen and oxygen atoms in total. The molecule has 1 saturated carbocycles. The second-order valence-electron chi connectivity index (χ2n) is 6.61. The Morgan fingerprint density at radius 1 is 1.20 bits per heavy atom. The average molecular weight is 305 g/mol. The van der Waals surface area contributed by atoms with Crippen LogP contribution in [0.25, 0.3) is 0 Å². The van der Waals surface area contributed by atoms with E-state index in [2.05, 4.69) is 6.92 Å². The maximum atomic E-state index is 11.5. The van der Waals surface area contributed by atoms with Crippen molar-refractivity contribution in [2.75, 3.05) is 25.6 Å². The summed E-state index contributed by atoms with van der Waals surface area (Å²) in [5, 5.41) is 5.25. The summed E-state index contributed by atoms with van der Waals surface area (Å²) in [5.74, 6) is 0.795. The van der Waals surface area contributed by atoms with Crippen LogP contribution in [0, 0.1) is 11.3 Å². The van der Waals surface area contributed by atoms with E-state index in [1.165, 1.54) is 12.8 Å². The summed E-state index contributed by atoms with van der Waals surface area (Å²) in [5.41, 5.74) is -0.352. The predicted molar refractivity (Wildman–Crippen MR) is 77.8 cm³/mol. The minimum absolute atomic E-state index is 0.00643. The van der Waals surface area contributed by atoms with Gasteiger partial charge in [0.2, 0.25) is 10.0 Å². The highest BCUT2D eigenvalue weighted by molar-refractivity contribution is 7.89. The van der Waals surface area contributed by atoms with Crippen molar-refractivity contribution in [3.8, 4) is 0 Å². The second-order valence-corrected chi connectivity index (χ2v) is 8.23. The van der Waals surface area contributed by atoms with E-state index in [4.69, 9.17) is 14.6 Å². The first-order valence-electron chi connectivity index (χ1n) is 7.58. The number of hydrogen-bond acceptors (Lipinski definition) is 4. The molecule has 1 saturated heterocycles. The highest BCUT2D eigenvalue weighted by atomic mass is 32.2. The van der Waals surface area contributed by atoms with E-state index < -0.39 is 10.0 Å². The Hall–Kier alpha value is -0.170. The molecule has 1 heterocycles. The molecule has 0 spiro atoms. The molecule has 0 atom stereocenters. The molecule has 0 unspecified atom stereocenters. The maximum absolute atomic E-state index is 11.5. The summed E-state index contributed by atoms with van der Waals surface area (Å²) >= 11 is 0. The third kappa shape index (κ3) is 4.98. The van der Waals surface area contributed by atoms with Gasteiger partial charge in [-0.3, -0.25) is 0 Å². The highest BCUT2D eigenvalue weighted by Gasteiger charge is 2.37. The van der Waals surface area contributed by atoms with Crippen molar-refractivity contribution in [2.24, 2.45) is 16.5 Å². The van der Waals surface area contributed by atoms with Crippen LogP contribution in [-0.2, 0) is 19.5 Å². The number of primary sulfonamides is 1. The van der Waals surface area contributed by atoms with Gasteiger partial charge in [-0.2, -0.15) is 0 Å². The van der Waals surface area contributed by atoms with Gasteiger partial charge < -0.3 is 9.47 Å². The predicted octanol–water partition coefficient (Wildman–Crippen LogP) is 1.67. The number of nitrogens with two attached hydrogens (primary N) is 1. The van der Waals surface area contributed by atoms with Gasteiger partial charge in [0.05, 0.1) is 18.5 Å². The van der Waals surface area contributed by atoms with Crippen molar-refractivity contribution in [1.82, 2.24) is 0 Å². The number of sulfonamides is 1. The second kappa shape index (κ2) is 6.73. The van der Waals surface area contributed by atoms with Crippen molar-refractivity contribution in [3.63, 3.8) is 0 Å². The minimum Gasteiger partial charge on any atom is -0.381 e. The van der Waals surface area contributed by atoms with Gasteiger partial charge in [0.25, 0.3) is 0 Å². The van der Waals surface area contributed by atoms with Crippen LogP contribution in [-0.4, -0.2) is 40.1 Å². The number of rotatable bonds is 5. The van der Waals surface area contributed by atoms with Gasteiger partial charge in [0, 0.05) is 18.6 Å². The molecule has 0 radical (unpaired) electrons. The molecular weight excluding hydrogens is 278 g/mol. The zero-order chi connectivity index (χ0) is 14.6. The Labute approximate surface area is 122 Å². The van der Waals surface area contributed by atoms with Crippen molar-refractivity contribution in [1.29, 1.82) is 0 Å². The molecule has 0 aromatic rings. The minimum atomic E-state index is -3.48. The van der Waals surface area contributed by atoms with Crippen LogP contribution in [0.15, 0.2) is 0 Å². The first-order chi connectivity index (χ1) is 9.39.